The maximum atomic E-state index is 13.6. The number of fused-ring (bicyclic) bond motifs is 1. The zero-order valence-corrected chi connectivity index (χ0v) is 21.0. The molecule has 180 valence electrons. The predicted octanol–water partition coefficient (Wildman–Crippen LogP) is 3.28. The average Bonchev–Trinajstić information content (AvgIpc) is 3.13. The highest BCUT2D eigenvalue weighted by Gasteiger charge is 2.33. The SMILES string of the molecule is COC(=O)c1ccc(C2C(C(=O)OC(C)C)=C(C)N=c3sc(=Cc4ccc(C)cc4)c(=O)n32)cc1. The molecule has 0 amide bonds. The molecule has 1 aliphatic heterocycles. The summed E-state index contributed by atoms with van der Waals surface area (Å²) in [6, 6.07) is 13.8. The third kappa shape index (κ3) is 4.88. The van der Waals surface area contributed by atoms with Crippen LogP contribution >= 0.6 is 11.3 Å². The van der Waals surface area contributed by atoms with Crippen LogP contribution in [0.15, 0.2) is 69.6 Å². The summed E-state index contributed by atoms with van der Waals surface area (Å²) in [5.74, 6) is -0.999. The molecule has 0 fully saturated rings. The predicted molar refractivity (Wildman–Crippen MR) is 134 cm³/mol. The van der Waals surface area contributed by atoms with Gasteiger partial charge in [-0.25, -0.2) is 14.6 Å². The van der Waals surface area contributed by atoms with Crippen molar-refractivity contribution in [2.45, 2.75) is 39.8 Å². The Kier molecular flexibility index (Phi) is 6.84. The van der Waals surface area contributed by atoms with Crippen LogP contribution in [0, 0.1) is 6.92 Å². The van der Waals surface area contributed by atoms with Gasteiger partial charge in [-0.2, -0.15) is 0 Å². The zero-order valence-electron chi connectivity index (χ0n) is 20.2. The molecule has 4 rings (SSSR count). The fourth-order valence-corrected chi connectivity index (χ4v) is 4.96. The minimum atomic E-state index is -0.746. The van der Waals surface area contributed by atoms with Crippen LogP contribution < -0.4 is 14.9 Å². The molecule has 1 aliphatic rings. The van der Waals surface area contributed by atoms with Crippen LogP contribution in [0.2, 0.25) is 0 Å². The molecule has 0 saturated heterocycles. The zero-order chi connectivity index (χ0) is 25.3. The Hall–Kier alpha value is -3.78. The number of methoxy groups -OCH3 is 1. The number of aryl methyl sites for hydroxylation is 1. The van der Waals surface area contributed by atoms with E-state index in [0.29, 0.717) is 31.7 Å². The summed E-state index contributed by atoms with van der Waals surface area (Å²) in [4.78, 5) is 43.8. The van der Waals surface area contributed by atoms with Crippen molar-refractivity contribution in [3.05, 3.63) is 102 Å². The normalized spacial score (nSPS) is 15.6. The van der Waals surface area contributed by atoms with Gasteiger partial charge in [0.15, 0.2) is 4.80 Å². The maximum Gasteiger partial charge on any atom is 0.338 e. The van der Waals surface area contributed by atoms with Crippen molar-refractivity contribution >= 4 is 29.4 Å². The Balaban J connectivity index is 1.91. The molecule has 0 aliphatic carbocycles. The minimum absolute atomic E-state index is 0.251. The van der Waals surface area contributed by atoms with Crippen molar-refractivity contribution in [3.63, 3.8) is 0 Å². The minimum Gasteiger partial charge on any atom is -0.465 e. The number of rotatable bonds is 5. The van der Waals surface area contributed by atoms with Gasteiger partial charge in [0, 0.05) is 0 Å². The molecule has 8 heteroatoms. The number of carbonyl (C=O) groups is 2. The topological polar surface area (TPSA) is 87.0 Å². The van der Waals surface area contributed by atoms with Gasteiger partial charge in [0.1, 0.15) is 0 Å². The first-order chi connectivity index (χ1) is 16.7. The lowest BCUT2D eigenvalue weighted by Crippen LogP contribution is -2.40. The van der Waals surface area contributed by atoms with E-state index in [9.17, 15) is 14.4 Å². The number of hydrogen-bond donors (Lipinski definition) is 0. The first kappa shape index (κ1) is 24.3. The fourth-order valence-electron chi connectivity index (χ4n) is 3.91. The Bertz CT molecular complexity index is 1490. The number of thiazole rings is 1. The largest absolute Gasteiger partial charge is 0.465 e. The van der Waals surface area contributed by atoms with Crippen LogP contribution in [0.1, 0.15) is 53.9 Å². The highest BCUT2D eigenvalue weighted by Crippen LogP contribution is 2.31. The van der Waals surface area contributed by atoms with Gasteiger partial charge >= 0.3 is 11.9 Å². The van der Waals surface area contributed by atoms with Crippen LogP contribution in [-0.2, 0) is 14.3 Å². The van der Waals surface area contributed by atoms with Crippen LogP contribution in [0.4, 0.5) is 0 Å². The lowest BCUT2D eigenvalue weighted by Gasteiger charge is -2.25. The van der Waals surface area contributed by atoms with E-state index in [0.717, 1.165) is 11.1 Å². The van der Waals surface area contributed by atoms with Crippen LogP contribution in [0.3, 0.4) is 0 Å². The van der Waals surface area contributed by atoms with E-state index in [1.807, 2.05) is 37.3 Å². The van der Waals surface area contributed by atoms with Crippen molar-refractivity contribution in [2.75, 3.05) is 7.11 Å². The van der Waals surface area contributed by atoms with Gasteiger partial charge in [-0.05, 0) is 57.0 Å². The molecular weight excluding hydrogens is 464 g/mol. The van der Waals surface area contributed by atoms with E-state index in [1.165, 1.54) is 23.0 Å². The lowest BCUT2D eigenvalue weighted by atomic mass is 9.95. The molecule has 1 aromatic heterocycles. The second kappa shape index (κ2) is 9.84. The van der Waals surface area contributed by atoms with Crippen LogP contribution in [0.25, 0.3) is 6.08 Å². The number of esters is 2. The number of hydrogen-bond acceptors (Lipinski definition) is 7. The number of carbonyl (C=O) groups excluding carboxylic acids is 2. The van der Waals surface area contributed by atoms with E-state index in [1.54, 1.807) is 45.0 Å². The number of ether oxygens (including phenoxy) is 2. The van der Waals surface area contributed by atoms with Gasteiger partial charge in [-0.3, -0.25) is 9.36 Å². The molecule has 0 N–H and O–H groups in total. The maximum absolute atomic E-state index is 13.6. The molecule has 0 bridgehead atoms. The highest BCUT2D eigenvalue weighted by molar-refractivity contribution is 7.07. The molecule has 0 saturated carbocycles. The fraction of sp³-hybridized carbons (Fsp3) is 0.259. The van der Waals surface area contributed by atoms with Crippen molar-refractivity contribution in [2.24, 2.45) is 4.99 Å². The lowest BCUT2D eigenvalue weighted by molar-refractivity contribution is -0.143. The summed E-state index contributed by atoms with van der Waals surface area (Å²) in [7, 11) is 1.31. The van der Waals surface area contributed by atoms with E-state index in [4.69, 9.17) is 9.47 Å². The third-order valence-corrected chi connectivity index (χ3v) is 6.59. The quantitative estimate of drug-likeness (QED) is 0.513. The van der Waals surface area contributed by atoms with E-state index in [2.05, 4.69) is 4.99 Å². The molecule has 1 atom stereocenters. The molecule has 0 spiro atoms. The van der Waals surface area contributed by atoms with Crippen LogP contribution in [-0.4, -0.2) is 29.7 Å². The number of allylic oxidation sites excluding steroid dienone is 1. The van der Waals surface area contributed by atoms with E-state index >= 15 is 0 Å². The summed E-state index contributed by atoms with van der Waals surface area (Å²) < 4.78 is 12.3. The molecule has 3 aromatic rings. The average molecular weight is 491 g/mol. The molecular formula is C27H26N2O5S. The monoisotopic (exact) mass is 490 g/mol. The van der Waals surface area contributed by atoms with Gasteiger partial charge < -0.3 is 9.47 Å². The van der Waals surface area contributed by atoms with Gasteiger partial charge in [0.05, 0.1) is 40.6 Å². The summed E-state index contributed by atoms with van der Waals surface area (Å²) in [5, 5.41) is 0. The second-order valence-corrected chi connectivity index (χ2v) is 9.57. The number of benzene rings is 2. The summed E-state index contributed by atoms with van der Waals surface area (Å²) in [6.07, 6.45) is 1.49. The van der Waals surface area contributed by atoms with Gasteiger partial charge in [-0.15, -0.1) is 0 Å². The van der Waals surface area contributed by atoms with Crippen molar-refractivity contribution in [1.29, 1.82) is 0 Å². The van der Waals surface area contributed by atoms with Crippen molar-refractivity contribution in [3.8, 4) is 0 Å². The van der Waals surface area contributed by atoms with Gasteiger partial charge in [0.2, 0.25) is 0 Å². The van der Waals surface area contributed by atoms with Crippen LogP contribution in [0.5, 0.6) is 0 Å². The highest BCUT2D eigenvalue weighted by atomic mass is 32.1. The Labute approximate surface area is 206 Å². The first-order valence-corrected chi connectivity index (χ1v) is 12.0. The number of nitrogens with zero attached hydrogens (tertiary/aromatic N) is 2. The molecule has 7 nitrogen and oxygen atoms in total. The third-order valence-electron chi connectivity index (χ3n) is 5.61. The van der Waals surface area contributed by atoms with E-state index in [-0.39, 0.29) is 11.7 Å². The summed E-state index contributed by atoms with van der Waals surface area (Å²) in [5.41, 5.74) is 3.58. The second-order valence-electron chi connectivity index (χ2n) is 8.56. The Morgan fingerprint density at radius 1 is 1.03 bits per heavy atom. The van der Waals surface area contributed by atoms with Crippen molar-refractivity contribution < 1.29 is 19.1 Å². The van der Waals surface area contributed by atoms with Crippen molar-refractivity contribution in [1.82, 2.24) is 4.57 Å². The molecule has 0 radical (unpaired) electrons. The first-order valence-electron chi connectivity index (χ1n) is 11.2. The number of aromatic nitrogens is 1. The van der Waals surface area contributed by atoms with Gasteiger partial charge in [0.25, 0.3) is 5.56 Å². The molecule has 1 unspecified atom stereocenters. The smallest absolute Gasteiger partial charge is 0.338 e. The molecule has 35 heavy (non-hydrogen) atoms. The van der Waals surface area contributed by atoms with Gasteiger partial charge in [-0.1, -0.05) is 53.3 Å². The summed E-state index contributed by atoms with van der Waals surface area (Å²) in [6.45, 7) is 7.28. The molecule has 2 heterocycles. The summed E-state index contributed by atoms with van der Waals surface area (Å²) >= 11 is 1.27. The Morgan fingerprint density at radius 3 is 2.29 bits per heavy atom. The van der Waals surface area contributed by atoms with E-state index < -0.39 is 18.0 Å². The molecule has 2 aromatic carbocycles. The Morgan fingerprint density at radius 2 is 1.69 bits per heavy atom. The standard InChI is InChI=1S/C27H26N2O5S/c1-15(2)34-26(32)22-17(4)28-27-29(23(22)19-10-12-20(13-11-19)25(31)33-5)24(30)21(35-27)14-18-8-6-16(3)7-9-18/h6-15,23H,1-5H3.